The highest BCUT2D eigenvalue weighted by Gasteiger charge is 2.20. The zero-order chi connectivity index (χ0) is 18.9. The fraction of sp³-hybridized carbons (Fsp3) is 0.160. The zero-order valence-electron chi connectivity index (χ0n) is 15.7. The van der Waals surface area contributed by atoms with Crippen LogP contribution >= 0.6 is 0 Å². The first-order chi connectivity index (χ1) is 13.2. The summed E-state index contributed by atoms with van der Waals surface area (Å²) in [6.45, 7) is 3.47. The lowest BCUT2D eigenvalue weighted by Gasteiger charge is -2.27. The Kier molecular flexibility index (Phi) is 6.72. The van der Waals surface area contributed by atoms with E-state index in [1.165, 1.54) is 11.1 Å². The molecule has 0 radical (unpaired) electrons. The molecule has 2 nitrogen and oxygen atoms in total. The van der Waals surface area contributed by atoms with Crippen molar-refractivity contribution in [2.24, 2.45) is 0 Å². The van der Waals surface area contributed by atoms with Gasteiger partial charge in [-0.05, 0) is 29.7 Å². The molecule has 0 aromatic heterocycles. The summed E-state index contributed by atoms with van der Waals surface area (Å²) >= 11 is 0. The minimum absolute atomic E-state index is 0.116. The van der Waals surface area contributed by atoms with Crippen LogP contribution in [0.3, 0.4) is 0 Å². The molecule has 0 aliphatic heterocycles. The van der Waals surface area contributed by atoms with E-state index >= 15 is 0 Å². The van der Waals surface area contributed by atoms with Crippen LogP contribution in [0, 0.1) is 0 Å². The first-order valence-electron chi connectivity index (χ1n) is 9.31. The molecule has 3 aromatic rings. The zero-order valence-corrected chi connectivity index (χ0v) is 15.7. The number of carbonyl (C=O) groups is 1. The SMILES string of the molecule is C[C@@H](C(=O)/C=C/c1ccccc1)N(Cc1ccccc1)Cc1ccccc1. The van der Waals surface area contributed by atoms with E-state index < -0.39 is 0 Å². The van der Waals surface area contributed by atoms with Gasteiger partial charge in [-0.2, -0.15) is 0 Å². The second kappa shape index (κ2) is 9.65. The molecule has 2 heteroatoms. The Morgan fingerprint density at radius 1 is 0.778 bits per heavy atom. The summed E-state index contributed by atoms with van der Waals surface area (Å²) in [4.78, 5) is 15.0. The highest BCUT2D eigenvalue weighted by atomic mass is 16.1. The van der Waals surface area contributed by atoms with Gasteiger partial charge >= 0.3 is 0 Å². The maximum Gasteiger partial charge on any atom is 0.172 e. The van der Waals surface area contributed by atoms with Crippen LogP contribution in [0.25, 0.3) is 6.08 Å². The monoisotopic (exact) mass is 355 g/mol. The fourth-order valence-electron chi connectivity index (χ4n) is 3.03. The molecule has 3 aromatic carbocycles. The van der Waals surface area contributed by atoms with Crippen molar-refractivity contribution in [2.45, 2.75) is 26.1 Å². The number of rotatable bonds is 8. The van der Waals surface area contributed by atoms with Crippen LogP contribution in [-0.4, -0.2) is 16.7 Å². The van der Waals surface area contributed by atoms with Crippen LogP contribution in [0.5, 0.6) is 0 Å². The molecule has 0 unspecified atom stereocenters. The van der Waals surface area contributed by atoms with Crippen LogP contribution < -0.4 is 0 Å². The number of carbonyl (C=O) groups excluding carboxylic acids is 1. The van der Waals surface area contributed by atoms with Crippen LogP contribution in [0.4, 0.5) is 0 Å². The number of hydrogen-bond donors (Lipinski definition) is 0. The number of benzene rings is 3. The van der Waals surface area contributed by atoms with E-state index in [0.717, 1.165) is 18.7 Å². The minimum Gasteiger partial charge on any atom is -0.293 e. The predicted molar refractivity (Wildman–Crippen MR) is 112 cm³/mol. The third-order valence-electron chi connectivity index (χ3n) is 4.66. The van der Waals surface area contributed by atoms with Crippen molar-refractivity contribution < 1.29 is 4.79 Å². The minimum atomic E-state index is -0.203. The van der Waals surface area contributed by atoms with E-state index in [1.807, 2.05) is 79.7 Å². The van der Waals surface area contributed by atoms with Crippen molar-refractivity contribution in [3.63, 3.8) is 0 Å². The fourth-order valence-corrected chi connectivity index (χ4v) is 3.03. The molecule has 0 aliphatic rings. The average molecular weight is 355 g/mol. The van der Waals surface area contributed by atoms with Gasteiger partial charge in [0, 0.05) is 13.1 Å². The Bertz CT molecular complexity index is 815. The molecule has 0 spiro atoms. The number of ketones is 1. The largest absolute Gasteiger partial charge is 0.293 e. The molecule has 1 atom stereocenters. The van der Waals surface area contributed by atoms with Gasteiger partial charge in [0.1, 0.15) is 0 Å². The van der Waals surface area contributed by atoms with Gasteiger partial charge < -0.3 is 0 Å². The van der Waals surface area contributed by atoms with E-state index in [-0.39, 0.29) is 11.8 Å². The van der Waals surface area contributed by atoms with Gasteiger partial charge in [-0.15, -0.1) is 0 Å². The molecule has 3 rings (SSSR count). The molecule has 0 N–H and O–H groups in total. The molecule has 0 saturated heterocycles. The van der Waals surface area contributed by atoms with Crippen molar-refractivity contribution in [2.75, 3.05) is 0 Å². The second-order valence-electron chi connectivity index (χ2n) is 6.70. The van der Waals surface area contributed by atoms with Gasteiger partial charge in [-0.3, -0.25) is 9.69 Å². The summed E-state index contributed by atoms with van der Waals surface area (Å²) in [5, 5.41) is 0. The molecule has 136 valence electrons. The molecular weight excluding hydrogens is 330 g/mol. The predicted octanol–water partition coefficient (Wildman–Crippen LogP) is 5.36. The average Bonchev–Trinajstić information content (AvgIpc) is 2.73. The van der Waals surface area contributed by atoms with Crippen molar-refractivity contribution in [1.82, 2.24) is 4.90 Å². The van der Waals surface area contributed by atoms with Gasteiger partial charge in [-0.25, -0.2) is 0 Å². The molecule has 27 heavy (non-hydrogen) atoms. The summed E-state index contributed by atoms with van der Waals surface area (Å²) < 4.78 is 0. The van der Waals surface area contributed by atoms with Crippen molar-refractivity contribution in [3.05, 3.63) is 114 Å². The van der Waals surface area contributed by atoms with Crippen LogP contribution in [-0.2, 0) is 17.9 Å². The summed E-state index contributed by atoms with van der Waals surface area (Å²) in [6, 6.07) is 30.3. The first kappa shape index (κ1) is 18.8. The Hall–Kier alpha value is -2.97. The van der Waals surface area contributed by atoms with E-state index in [2.05, 4.69) is 29.2 Å². The van der Waals surface area contributed by atoms with Crippen LogP contribution in [0.15, 0.2) is 97.1 Å². The highest BCUT2D eigenvalue weighted by molar-refractivity contribution is 5.97. The molecule has 0 heterocycles. The van der Waals surface area contributed by atoms with Gasteiger partial charge in [0.2, 0.25) is 0 Å². The molecule has 0 bridgehead atoms. The number of nitrogens with zero attached hydrogens (tertiary/aromatic N) is 1. The maximum atomic E-state index is 12.8. The first-order valence-corrected chi connectivity index (χ1v) is 9.31. The van der Waals surface area contributed by atoms with E-state index in [0.29, 0.717) is 0 Å². The van der Waals surface area contributed by atoms with Crippen molar-refractivity contribution >= 4 is 11.9 Å². The van der Waals surface area contributed by atoms with Gasteiger partial charge in [0.25, 0.3) is 0 Å². The smallest absolute Gasteiger partial charge is 0.172 e. The lowest BCUT2D eigenvalue weighted by Crippen LogP contribution is -2.37. The summed E-state index contributed by atoms with van der Waals surface area (Å²) in [5.74, 6) is 0.116. The Morgan fingerprint density at radius 2 is 1.22 bits per heavy atom. The van der Waals surface area contributed by atoms with Gasteiger partial charge in [-0.1, -0.05) is 97.1 Å². The standard InChI is InChI=1S/C25H25NO/c1-21(25(27)18-17-22-11-5-2-6-12-22)26(19-23-13-7-3-8-14-23)20-24-15-9-4-10-16-24/h2-18,21H,19-20H2,1H3/b18-17+/t21-/m0/s1. The van der Waals surface area contributed by atoms with Gasteiger partial charge in [0.15, 0.2) is 5.78 Å². The van der Waals surface area contributed by atoms with Crippen molar-refractivity contribution in [1.29, 1.82) is 0 Å². The normalized spacial score (nSPS) is 12.4. The molecule has 0 saturated carbocycles. The topological polar surface area (TPSA) is 20.3 Å². The third-order valence-corrected chi connectivity index (χ3v) is 4.66. The van der Waals surface area contributed by atoms with E-state index in [1.54, 1.807) is 6.08 Å². The number of hydrogen-bond acceptors (Lipinski definition) is 2. The quantitative estimate of drug-likeness (QED) is 0.507. The highest BCUT2D eigenvalue weighted by Crippen LogP contribution is 2.15. The Balaban J connectivity index is 1.75. The lowest BCUT2D eigenvalue weighted by atomic mass is 10.1. The van der Waals surface area contributed by atoms with Gasteiger partial charge in [0.05, 0.1) is 6.04 Å². The Labute approximate surface area is 161 Å². The summed E-state index contributed by atoms with van der Waals surface area (Å²) in [6.07, 6.45) is 3.59. The van der Waals surface area contributed by atoms with Crippen LogP contribution in [0.1, 0.15) is 23.6 Å². The van der Waals surface area contributed by atoms with E-state index in [9.17, 15) is 4.79 Å². The molecule has 0 fully saturated rings. The Morgan fingerprint density at radius 3 is 1.70 bits per heavy atom. The molecular formula is C25H25NO. The summed E-state index contributed by atoms with van der Waals surface area (Å²) in [5.41, 5.74) is 3.45. The van der Waals surface area contributed by atoms with E-state index in [4.69, 9.17) is 0 Å². The molecule has 0 aliphatic carbocycles. The van der Waals surface area contributed by atoms with Crippen molar-refractivity contribution in [3.8, 4) is 0 Å². The van der Waals surface area contributed by atoms with Crippen LogP contribution in [0.2, 0.25) is 0 Å². The summed E-state index contributed by atoms with van der Waals surface area (Å²) in [7, 11) is 0. The maximum absolute atomic E-state index is 12.8. The molecule has 0 amide bonds. The second-order valence-corrected chi connectivity index (χ2v) is 6.70. The lowest BCUT2D eigenvalue weighted by molar-refractivity contribution is -0.119. The third kappa shape index (κ3) is 5.77.